The van der Waals surface area contributed by atoms with Crippen molar-refractivity contribution >= 4 is 58.7 Å². The first-order valence-electron chi connectivity index (χ1n) is 11.0. The molecule has 35 heavy (non-hydrogen) atoms. The molecule has 0 bridgehead atoms. The zero-order chi connectivity index (χ0) is 22.6. The Labute approximate surface area is 213 Å². The summed E-state index contributed by atoms with van der Waals surface area (Å²) in [5, 5.41) is 3.85. The Morgan fingerprint density at radius 2 is 1.89 bits per heavy atom. The molecule has 0 unspecified atom stereocenters. The van der Waals surface area contributed by atoms with Gasteiger partial charge < -0.3 is 24.8 Å². The molecule has 2 amide bonds. The zero-order valence-corrected chi connectivity index (χ0v) is 20.5. The molecule has 0 atom stereocenters. The molecule has 0 aliphatic carbocycles. The Bertz CT molecular complexity index is 1320. The average molecular weight is 520 g/mol. The summed E-state index contributed by atoms with van der Waals surface area (Å²) in [6.07, 6.45) is 2.48. The van der Waals surface area contributed by atoms with Gasteiger partial charge >= 0.3 is 11.7 Å². The molecular weight excluding hydrogens is 493 g/mol. The summed E-state index contributed by atoms with van der Waals surface area (Å²) >= 11 is 0. The standard InChI is InChI=1S/C23H25N7O3.2ClH/c31-22-27-19-15-16-14-17(5-6-18(16)26-21(19)28-22)33-13-3-8-25-23(32)30-11-9-29(10-12-30)20-4-1-2-7-24-20;;/h1-2,4-7,14-15H,3,8-13H2,(H,25,32)(H2,26,27,28,31);2*1H. The molecular formula is C23H27Cl2N7O3. The lowest BCUT2D eigenvalue weighted by Gasteiger charge is -2.35. The predicted octanol–water partition coefficient (Wildman–Crippen LogP) is 2.94. The number of benzene rings is 1. The summed E-state index contributed by atoms with van der Waals surface area (Å²) < 4.78 is 5.84. The van der Waals surface area contributed by atoms with Crippen LogP contribution in [0.2, 0.25) is 0 Å². The number of hydrogen-bond donors (Lipinski definition) is 3. The second-order valence-electron chi connectivity index (χ2n) is 7.91. The summed E-state index contributed by atoms with van der Waals surface area (Å²) in [4.78, 5) is 42.1. The van der Waals surface area contributed by atoms with E-state index in [-0.39, 0.29) is 36.5 Å². The third kappa shape index (κ3) is 6.14. The van der Waals surface area contributed by atoms with Gasteiger partial charge in [0.05, 0.1) is 17.6 Å². The van der Waals surface area contributed by atoms with Gasteiger partial charge in [-0.3, -0.25) is 4.98 Å². The van der Waals surface area contributed by atoms with Crippen molar-refractivity contribution in [2.75, 3.05) is 44.2 Å². The number of piperazine rings is 1. The normalized spacial score (nSPS) is 13.3. The lowest BCUT2D eigenvalue weighted by molar-refractivity contribution is 0.193. The van der Waals surface area contributed by atoms with Crippen LogP contribution in [0.5, 0.6) is 5.75 Å². The molecule has 1 saturated heterocycles. The van der Waals surface area contributed by atoms with E-state index in [9.17, 15) is 9.59 Å². The summed E-state index contributed by atoms with van der Waals surface area (Å²) in [5.41, 5.74) is 1.70. The number of carbonyl (C=O) groups is 1. The molecule has 3 aromatic heterocycles. The minimum atomic E-state index is -0.276. The second-order valence-corrected chi connectivity index (χ2v) is 7.91. The maximum atomic E-state index is 12.4. The minimum Gasteiger partial charge on any atom is -0.494 e. The fraction of sp³-hybridized carbons (Fsp3) is 0.304. The lowest BCUT2D eigenvalue weighted by atomic mass is 10.2. The molecule has 12 heteroatoms. The summed E-state index contributed by atoms with van der Waals surface area (Å²) in [6.45, 7) is 3.91. The maximum Gasteiger partial charge on any atom is 0.325 e. The van der Waals surface area contributed by atoms with E-state index >= 15 is 0 Å². The first-order valence-corrected chi connectivity index (χ1v) is 11.0. The molecule has 1 aliphatic heterocycles. The summed E-state index contributed by atoms with van der Waals surface area (Å²) in [5.74, 6) is 1.67. The van der Waals surface area contributed by atoms with Gasteiger partial charge in [-0.1, -0.05) is 6.07 Å². The molecule has 0 saturated carbocycles. The molecule has 10 nitrogen and oxygen atoms in total. The molecule has 1 fully saturated rings. The van der Waals surface area contributed by atoms with Crippen molar-refractivity contribution in [3.63, 3.8) is 0 Å². The number of anilines is 1. The van der Waals surface area contributed by atoms with Crippen LogP contribution < -0.4 is 20.6 Å². The van der Waals surface area contributed by atoms with Crippen LogP contribution in [0.1, 0.15) is 6.42 Å². The zero-order valence-electron chi connectivity index (χ0n) is 18.9. The van der Waals surface area contributed by atoms with E-state index in [1.54, 1.807) is 6.20 Å². The van der Waals surface area contributed by atoms with Crippen molar-refractivity contribution in [1.82, 2.24) is 30.2 Å². The minimum absolute atomic E-state index is 0. The van der Waals surface area contributed by atoms with Crippen molar-refractivity contribution in [1.29, 1.82) is 0 Å². The van der Waals surface area contributed by atoms with Crippen LogP contribution >= 0.6 is 24.8 Å². The Hall–Kier alpha value is -3.50. The third-order valence-electron chi connectivity index (χ3n) is 5.67. The van der Waals surface area contributed by atoms with E-state index in [2.05, 4.69) is 30.2 Å². The highest BCUT2D eigenvalue weighted by atomic mass is 35.5. The number of imidazole rings is 1. The Balaban J connectivity index is 0.00000171. The fourth-order valence-corrected chi connectivity index (χ4v) is 3.94. The van der Waals surface area contributed by atoms with E-state index in [0.29, 0.717) is 43.8 Å². The number of aromatic nitrogens is 4. The first-order chi connectivity index (χ1) is 16.2. The maximum absolute atomic E-state index is 12.4. The molecule has 4 heterocycles. The highest BCUT2D eigenvalue weighted by Gasteiger charge is 2.21. The molecule has 186 valence electrons. The quantitative estimate of drug-likeness (QED) is 0.337. The van der Waals surface area contributed by atoms with Crippen LogP contribution in [0.25, 0.3) is 22.1 Å². The molecule has 1 aromatic carbocycles. The molecule has 3 N–H and O–H groups in total. The number of pyridine rings is 2. The average Bonchev–Trinajstić information content (AvgIpc) is 3.21. The monoisotopic (exact) mass is 519 g/mol. The fourth-order valence-electron chi connectivity index (χ4n) is 3.94. The van der Waals surface area contributed by atoms with Gasteiger partial charge in [0.25, 0.3) is 0 Å². The first kappa shape index (κ1) is 26.1. The van der Waals surface area contributed by atoms with Gasteiger partial charge in [-0.2, -0.15) is 0 Å². The van der Waals surface area contributed by atoms with Crippen molar-refractivity contribution in [2.24, 2.45) is 0 Å². The highest BCUT2D eigenvalue weighted by Crippen LogP contribution is 2.22. The van der Waals surface area contributed by atoms with Crippen molar-refractivity contribution < 1.29 is 9.53 Å². The van der Waals surface area contributed by atoms with E-state index in [1.807, 2.05) is 47.4 Å². The number of amides is 2. The van der Waals surface area contributed by atoms with Crippen LogP contribution in [0.4, 0.5) is 10.6 Å². The molecule has 0 spiro atoms. The largest absolute Gasteiger partial charge is 0.494 e. The smallest absolute Gasteiger partial charge is 0.325 e. The number of rotatable bonds is 6. The van der Waals surface area contributed by atoms with Gasteiger partial charge in [0.1, 0.15) is 11.6 Å². The topological polar surface area (TPSA) is 119 Å². The van der Waals surface area contributed by atoms with Gasteiger partial charge in [-0.05, 0) is 42.8 Å². The number of ether oxygens (including phenoxy) is 1. The molecule has 5 rings (SSSR count). The highest BCUT2D eigenvalue weighted by molar-refractivity contribution is 5.90. The number of carbonyl (C=O) groups excluding carboxylic acids is 1. The number of halogens is 2. The molecule has 1 aliphatic rings. The van der Waals surface area contributed by atoms with Gasteiger partial charge in [-0.25, -0.2) is 19.6 Å². The number of H-pyrrole nitrogens is 2. The summed E-state index contributed by atoms with van der Waals surface area (Å²) in [6, 6.07) is 13.3. The van der Waals surface area contributed by atoms with Crippen LogP contribution in [0.3, 0.4) is 0 Å². The van der Waals surface area contributed by atoms with Crippen LogP contribution in [-0.4, -0.2) is 70.2 Å². The summed E-state index contributed by atoms with van der Waals surface area (Å²) in [7, 11) is 0. The number of nitrogens with zero attached hydrogens (tertiary/aromatic N) is 4. The number of nitrogens with one attached hydrogen (secondary N) is 3. The van der Waals surface area contributed by atoms with E-state index in [4.69, 9.17) is 4.74 Å². The Morgan fingerprint density at radius 1 is 1.06 bits per heavy atom. The molecule has 4 aromatic rings. The SMILES string of the molecule is Cl.Cl.O=C(NCCCOc1ccc2nc3[nH]c(=O)[nH]c3cc2c1)N1CCN(c2ccccn2)CC1. The number of urea groups is 1. The third-order valence-corrected chi connectivity index (χ3v) is 5.67. The van der Waals surface area contributed by atoms with Gasteiger partial charge in [0.2, 0.25) is 0 Å². The van der Waals surface area contributed by atoms with Gasteiger partial charge in [0, 0.05) is 44.3 Å². The van der Waals surface area contributed by atoms with Crippen LogP contribution in [0, 0.1) is 0 Å². The lowest BCUT2D eigenvalue weighted by Crippen LogP contribution is -2.52. The van der Waals surface area contributed by atoms with Gasteiger partial charge in [0.15, 0.2) is 5.65 Å². The van der Waals surface area contributed by atoms with Crippen LogP contribution in [0.15, 0.2) is 53.5 Å². The predicted molar refractivity (Wildman–Crippen MR) is 140 cm³/mol. The van der Waals surface area contributed by atoms with Crippen molar-refractivity contribution in [3.8, 4) is 5.75 Å². The van der Waals surface area contributed by atoms with E-state index < -0.39 is 0 Å². The molecule has 0 radical (unpaired) electrons. The van der Waals surface area contributed by atoms with E-state index in [0.717, 1.165) is 35.6 Å². The number of aromatic amines is 2. The second kappa shape index (κ2) is 11.8. The number of fused-ring (bicyclic) bond motifs is 2. The van der Waals surface area contributed by atoms with Crippen molar-refractivity contribution in [2.45, 2.75) is 6.42 Å². The van der Waals surface area contributed by atoms with E-state index in [1.165, 1.54) is 0 Å². The Morgan fingerprint density at radius 3 is 2.66 bits per heavy atom. The Kier molecular flexibility index (Phi) is 8.78. The number of hydrogen-bond acceptors (Lipinski definition) is 6. The van der Waals surface area contributed by atoms with Crippen molar-refractivity contribution in [3.05, 3.63) is 59.1 Å². The van der Waals surface area contributed by atoms with Gasteiger partial charge in [-0.15, -0.1) is 24.8 Å². The van der Waals surface area contributed by atoms with Crippen LogP contribution in [-0.2, 0) is 0 Å².